The number of carboxylic acid groups (broad SMARTS) is 1. The lowest BCUT2D eigenvalue weighted by Gasteiger charge is -2.47. The van der Waals surface area contributed by atoms with Gasteiger partial charge >= 0.3 is 6.09 Å². The number of aromatic amines is 1. The highest BCUT2D eigenvalue weighted by molar-refractivity contribution is 5.87. The normalized spacial score (nSPS) is 17.3. The van der Waals surface area contributed by atoms with E-state index in [1.54, 1.807) is 30.3 Å². The van der Waals surface area contributed by atoms with Gasteiger partial charge in [0.15, 0.2) is 23.1 Å². The predicted molar refractivity (Wildman–Crippen MR) is 141 cm³/mol. The molecule has 0 radical (unpaired) electrons. The zero-order valence-electron chi connectivity index (χ0n) is 22.0. The Morgan fingerprint density at radius 3 is 2.58 bits per heavy atom. The molecule has 38 heavy (non-hydrogen) atoms. The van der Waals surface area contributed by atoms with Gasteiger partial charge in [0.2, 0.25) is 5.88 Å². The number of amides is 1. The summed E-state index contributed by atoms with van der Waals surface area (Å²) in [7, 11) is 1.54. The molecule has 2 N–H and O–H groups in total. The van der Waals surface area contributed by atoms with Gasteiger partial charge in [-0.05, 0) is 70.7 Å². The Morgan fingerprint density at radius 2 is 1.89 bits per heavy atom. The van der Waals surface area contributed by atoms with Gasteiger partial charge in [-0.3, -0.25) is 0 Å². The predicted octanol–water partition coefficient (Wildman–Crippen LogP) is 6.30. The number of fused-ring (bicyclic) bond motifs is 2. The van der Waals surface area contributed by atoms with Crippen molar-refractivity contribution in [2.24, 2.45) is 5.92 Å². The smallest absolute Gasteiger partial charge is 0.407 e. The molecule has 9 nitrogen and oxygen atoms in total. The summed E-state index contributed by atoms with van der Waals surface area (Å²) in [5.74, 6) is 0.978. The van der Waals surface area contributed by atoms with Gasteiger partial charge in [-0.15, -0.1) is 0 Å². The van der Waals surface area contributed by atoms with E-state index < -0.39 is 17.4 Å². The fourth-order valence-electron chi connectivity index (χ4n) is 5.11. The van der Waals surface area contributed by atoms with Crippen LogP contribution in [0, 0.1) is 18.7 Å². The van der Waals surface area contributed by atoms with E-state index in [0.29, 0.717) is 39.9 Å². The number of hydrogen-bond donors (Lipinski definition) is 2. The Bertz CT molecular complexity index is 1510. The SMILES string of the molecule is COc1cc2c(Oc3ccc4[nH]c(C)cc4c3F)ncnc2cc1OCC1CC(N(C(=O)O)C(C)(C)C)C1. The molecule has 0 unspecified atom stereocenters. The number of methoxy groups -OCH3 is 1. The third kappa shape index (κ3) is 4.78. The number of aryl methyl sites for hydroxylation is 1. The number of benzene rings is 2. The standard InChI is InChI=1S/C28H31FN4O5/c1-15-8-18-20(32-15)6-7-22(25(18)29)38-26-19-11-23(36-5)24(12-21(19)30-14-31-26)37-13-16-9-17(10-16)33(27(34)35)28(2,3)4/h6-8,11-12,14,16-17,32H,9-10,13H2,1-5H3,(H,34,35). The highest BCUT2D eigenvalue weighted by Gasteiger charge is 2.41. The Morgan fingerprint density at radius 1 is 1.13 bits per heavy atom. The second kappa shape index (κ2) is 9.66. The van der Waals surface area contributed by atoms with Gasteiger partial charge in [0.05, 0.1) is 24.6 Å². The van der Waals surface area contributed by atoms with E-state index >= 15 is 4.39 Å². The molecular weight excluding hydrogens is 491 g/mol. The van der Waals surface area contributed by atoms with Crippen LogP contribution in [0.3, 0.4) is 0 Å². The molecule has 1 amide bonds. The second-order valence-electron chi connectivity index (χ2n) is 10.7. The zero-order chi connectivity index (χ0) is 27.2. The summed E-state index contributed by atoms with van der Waals surface area (Å²) in [6, 6.07) is 8.49. The van der Waals surface area contributed by atoms with Crippen LogP contribution in [0.1, 0.15) is 39.3 Å². The third-order valence-electron chi connectivity index (χ3n) is 6.91. The minimum absolute atomic E-state index is 0.0261. The number of aromatic nitrogens is 3. The van der Waals surface area contributed by atoms with Crippen LogP contribution in [0.15, 0.2) is 36.7 Å². The highest BCUT2D eigenvalue weighted by atomic mass is 19.1. The van der Waals surface area contributed by atoms with Gasteiger partial charge < -0.3 is 29.2 Å². The van der Waals surface area contributed by atoms with Crippen molar-refractivity contribution in [1.29, 1.82) is 0 Å². The molecule has 4 aromatic rings. The summed E-state index contributed by atoms with van der Waals surface area (Å²) >= 11 is 0. The van der Waals surface area contributed by atoms with E-state index in [0.717, 1.165) is 18.5 Å². The average Bonchev–Trinajstić information content (AvgIpc) is 3.21. The molecule has 1 aliphatic rings. The van der Waals surface area contributed by atoms with Gasteiger partial charge in [-0.25, -0.2) is 19.2 Å². The molecule has 0 bridgehead atoms. The van der Waals surface area contributed by atoms with E-state index in [1.165, 1.54) is 18.3 Å². The number of nitrogens with zero attached hydrogens (tertiary/aromatic N) is 3. The first-order valence-electron chi connectivity index (χ1n) is 12.5. The minimum Gasteiger partial charge on any atom is -0.493 e. The number of hydrogen-bond acceptors (Lipinski definition) is 6. The number of rotatable bonds is 7. The maximum absolute atomic E-state index is 15.1. The highest BCUT2D eigenvalue weighted by Crippen LogP contribution is 2.40. The first-order valence-corrected chi connectivity index (χ1v) is 12.5. The van der Waals surface area contributed by atoms with Crippen LogP contribution in [0.4, 0.5) is 9.18 Å². The third-order valence-corrected chi connectivity index (χ3v) is 6.91. The molecule has 0 atom stereocenters. The van der Waals surface area contributed by atoms with Crippen molar-refractivity contribution in [2.75, 3.05) is 13.7 Å². The number of ether oxygens (including phenoxy) is 3. The quantitative estimate of drug-likeness (QED) is 0.293. The molecule has 2 heterocycles. The number of H-pyrrole nitrogens is 1. The molecule has 1 fully saturated rings. The van der Waals surface area contributed by atoms with E-state index in [1.807, 2.05) is 27.7 Å². The number of carbonyl (C=O) groups is 1. The van der Waals surface area contributed by atoms with Crippen molar-refractivity contribution in [1.82, 2.24) is 19.9 Å². The lowest BCUT2D eigenvalue weighted by molar-refractivity contribution is 0.00651. The largest absolute Gasteiger partial charge is 0.493 e. The fourth-order valence-corrected chi connectivity index (χ4v) is 5.11. The molecule has 1 saturated carbocycles. The topological polar surface area (TPSA) is 110 Å². The van der Waals surface area contributed by atoms with Crippen LogP contribution in [-0.2, 0) is 0 Å². The molecule has 5 rings (SSSR count). The summed E-state index contributed by atoms with van der Waals surface area (Å²) in [4.78, 5) is 24.9. The van der Waals surface area contributed by atoms with Crippen molar-refractivity contribution < 1.29 is 28.5 Å². The molecule has 2 aromatic heterocycles. The van der Waals surface area contributed by atoms with Gasteiger partial charge in [-0.2, -0.15) is 0 Å². The first-order chi connectivity index (χ1) is 18.0. The van der Waals surface area contributed by atoms with Crippen LogP contribution in [0.2, 0.25) is 0 Å². The van der Waals surface area contributed by atoms with E-state index in [2.05, 4.69) is 15.0 Å². The summed E-state index contributed by atoms with van der Waals surface area (Å²) in [5, 5.41) is 10.6. The lowest BCUT2D eigenvalue weighted by atomic mass is 9.78. The van der Waals surface area contributed by atoms with Crippen molar-refractivity contribution in [3.63, 3.8) is 0 Å². The van der Waals surface area contributed by atoms with Crippen molar-refractivity contribution in [2.45, 2.75) is 52.1 Å². The maximum atomic E-state index is 15.1. The van der Waals surface area contributed by atoms with Gasteiger partial charge in [-0.1, -0.05) is 0 Å². The van der Waals surface area contributed by atoms with Crippen LogP contribution >= 0.6 is 0 Å². The molecule has 1 aliphatic carbocycles. The second-order valence-corrected chi connectivity index (χ2v) is 10.7. The maximum Gasteiger partial charge on any atom is 0.407 e. The summed E-state index contributed by atoms with van der Waals surface area (Å²) in [6.45, 7) is 7.99. The van der Waals surface area contributed by atoms with Crippen LogP contribution < -0.4 is 14.2 Å². The minimum atomic E-state index is -0.904. The molecule has 0 spiro atoms. The van der Waals surface area contributed by atoms with Crippen molar-refractivity contribution in [3.05, 3.63) is 48.2 Å². The Balaban J connectivity index is 1.33. The summed E-state index contributed by atoms with van der Waals surface area (Å²) in [6.07, 6.45) is 1.92. The van der Waals surface area contributed by atoms with E-state index in [4.69, 9.17) is 14.2 Å². The van der Waals surface area contributed by atoms with Crippen LogP contribution in [0.25, 0.3) is 21.8 Å². The first kappa shape index (κ1) is 25.6. The van der Waals surface area contributed by atoms with Crippen LogP contribution in [0.5, 0.6) is 23.1 Å². The van der Waals surface area contributed by atoms with Crippen molar-refractivity contribution in [3.8, 4) is 23.1 Å². The van der Waals surface area contributed by atoms with Crippen LogP contribution in [-0.4, -0.2) is 56.3 Å². The van der Waals surface area contributed by atoms with E-state index in [9.17, 15) is 9.90 Å². The lowest BCUT2D eigenvalue weighted by Crippen LogP contribution is -2.56. The van der Waals surface area contributed by atoms with Gasteiger partial charge in [0, 0.05) is 34.2 Å². The molecule has 200 valence electrons. The Labute approximate surface area is 219 Å². The summed E-state index contributed by atoms with van der Waals surface area (Å²) in [5.41, 5.74) is 1.64. The molecule has 0 saturated heterocycles. The monoisotopic (exact) mass is 522 g/mol. The fraction of sp³-hybridized carbons (Fsp3) is 0.393. The molecule has 2 aromatic carbocycles. The summed E-state index contributed by atoms with van der Waals surface area (Å²) < 4.78 is 32.7. The number of halogens is 1. The molecular formula is C28H31FN4O5. The molecule has 10 heteroatoms. The average molecular weight is 523 g/mol. The molecule has 0 aliphatic heterocycles. The van der Waals surface area contributed by atoms with Crippen molar-refractivity contribution >= 4 is 27.9 Å². The zero-order valence-corrected chi connectivity index (χ0v) is 22.0. The van der Waals surface area contributed by atoms with Gasteiger partial charge in [0.25, 0.3) is 0 Å². The Kier molecular flexibility index (Phi) is 6.50. The Hall–Kier alpha value is -4.08. The van der Waals surface area contributed by atoms with Gasteiger partial charge in [0.1, 0.15) is 6.33 Å². The number of nitrogens with one attached hydrogen (secondary N) is 1. The van der Waals surface area contributed by atoms with E-state index in [-0.39, 0.29) is 23.6 Å².